The van der Waals surface area contributed by atoms with Crippen molar-refractivity contribution in [2.24, 2.45) is 0 Å². The zero-order valence-electron chi connectivity index (χ0n) is 20.6. The molecule has 0 saturated carbocycles. The van der Waals surface area contributed by atoms with E-state index in [4.69, 9.17) is 9.47 Å². The average molecular weight is 439 g/mol. The number of hydrogen-bond acceptors (Lipinski definition) is 4. The van der Waals surface area contributed by atoms with Crippen LogP contribution in [0.5, 0.6) is 0 Å². The molecule has 174 valence electrons. The molecule has 3 rings (SSSR count). The van der Waals surface area contributed by atoms with Gasteiger partial charge in [-0.3, -0.25) is 4.90 Å². The fourth-order valence-electron chi connectivity index (χ4n) is 4.18. The second kappa shape index (κ2) is 9.53. The lowest BCUT2D eigenvalue weighted by molar-refractivity contribution is -0.0622. The lowest BCUT2D eigenvalue weighted by atomic mass is 10.0. The lowest BCUT2D eigenvalue weighted by Crippen LogP contribution is -2.53. The van der Waals surface area contributed by atoms with E-state index in [2.05, 4.69) is 67.3 Å². The summed E-state index contributed by atoms with van der Waals surface area (Å²) in [5, 5.41) is 0. The molecule has 1 fully saturated rings. The van der Waals surface area contributed by atoms with Crippen molar-refractivity contribution in [2.75, 3.05) is 18.1 Å². The summed E-state index contributed by atoms with van der Waals surface area (Å²) >= 11 is 0. The summed E-state index contributed by atoms with van der Waals surface area (Å²) < 4.78 is 11.7. The van der Waals surface area contributed by atoms with E-state index in [1.165, 1.54) is 11.1 Å². The number of benzene rings is 2. The van der Waals surface area contributed by atoms with Gasteiger partial charge < -0.3 is 14.4 Å². The Morgan fingerprint density at radius 2 is 1.69 bits per heavy atom. The SMILES string of the molecule is CC(C)N(CC1COC(C)(C)N1C(=O)OC(C)(C)C)c1ccc(Cc2ccccc2)cc1. The molecular formula is C27H38N2O3. The largest absolute Gasteiger partial charge is 0.444 e. The van der Waals surface area contributed by atoms with E-state index < -0.39 is 11.3 Å². The van der Waals surface area contributed by atoms with Crippen LogP contribution in [-0.4, -0.2) is 47.6 Å². The first-order valence-electron chi connectivity index (χ1n) is 11.5. The van der Waals surface area contributed by atoms with Crippen LogP contribution in [0.1, 0.15) is 59.6 Å². The molecule has 1 saturated heterocycles. The number of anilines is 1. The molecule has 0 aliphatic carbocycles. The van der Waals surface area contributed by atoms with Gasteiger partial charge >= 0.3 is 6.09 Å². The number of ether oxygens (including phenoxy) is 2. The minimum atomic E-state index is -0.699. The van der Waals surface area contributed by atoms with Gasteiger partial charge in [-0.05, 0) is 78.1 Å². The standard InChI is InChI=1S/C27H38N2O3/c1-20(2)28(23-15-13-22(14-16-23)17-21-11-9-8-10-12-21)18-24-19-31-27(6,7)29(24)25(30)32-26(3,4)5/h8-16,20,24H,17-19H2,1-7H3. The van der Waals surface area contributed by atoms with Crippen LogP contribution in [0.4, 0.5) is 10.5 Å². The van der Waals surface area contributed by atoms with Gasteiger partial charge in [-0.15, -0.1) is 0 Å². The van der Waals surface area contributed by atoms with Crippen LogP contribution in [0, 0.1) is 0 Å². The number of carbonyl (C=O) groups is 1. The third kappa shape index (κ3) is 6.04. The average Bonchev–Trinajstić information content (AvgIpc) is 3.00. The summed E-state index contributed by atoms with van der Waals surface area (Å²) in [7, 11) is 0. The molecule has 2 aromatic carbocycles. The smallest absolute Gasteiger partial charge is 0.412 e. The minimum absolute atomic E-state index is 0.0914. The van der Waals surface area contributed by atoms with Gasteiger partial charge in [0.2, 0.25) is 0 Å². The molecule has 0 N–H and O–H groups in total. The summed E-state index contributed by atoms with van der Waals surface area (Å²) in [5.74, 6) is 0. The maximum Gasteiger partial charge on any atom is 0.412 e. The highest BCUT2D eigenvalue weighted by atomic mass is 16.6. The monoisotopic (exact) mass is 438 g/mol. The predicted molar refractivity (Wildman–Crippen MR) is 130 cm³/mol. The lowest BCUT2D eigenvalue weighted by Gasteiger charge is -2.38. The Morgan fingerprint density at radius 1 is 1.09 bits per heavy atom. The third-order valence-electron chi connectivity index (χ3n) is 5.71. The molecule has 0 radical (unpaired) electrons. The van der Waals surface area contributed by atoms with Crippen molar-refractivity contribution >= 4 is 11.8 Å². The zero-order chi connectivity index (χ0) is 23.5. The first kappa shape index (κ1) is 24.1. The molecule has 1 heterocycles. The Labute approximate surface area is 193 Å². The van der Waals surface area contributed by atoms with Gasteiger partial charge in [0.25, 0.3) is 0 Å². The molecule has 1 aliphatic rings. The Morgan fingerprint density at radius 3 is 2.25 bits per heavy atom. The van der Waals surface area contributed by atoms with Crippen molar-refractivity contribution in [3.63, 3.8) is 0 Å². The normalized spacial score (nSPS) is 18.1. The van der Waals surface area contributed by atoms with Crippen molar-refractivity contribution in [3.05, 3.63) is 65.7 Å². The Kier molecular flexibility index (Phi) is 7.19. The van der Waals surface area contributed by atoms with Gasteiger partial charge in [-0.1, -0.05) is 42.5 Å². The highest BCUT2D eigenvalue weighted by Gasteiger charge is 2.46. The number of hydrogen-bond donors (Lipinski definition) is 0. The maximum atomic E-state index is 13.0. The second-order valence-corrected chi connectivity index (χ2v) is 10.3. The predicted octanol–water partition coefficient (Wildman–Crippen LogP) is 5.86. The van der Waals surface area contributed by atoms with Crippen molar-refractivity contribution in [1.82, 2.24) is 4.90 Å². The molecule has 0 spiro atoms. The van der Waals surface area contributed by atoms with Gasteiger partial charge in [0.1, 0.15) is 11.3 Å². The van der Waals surface area contributed by atoms with E-state index in [1.54, 1.807) is 4.90 Å². The molecule has 5 heteroatoms. The van der Waals surface area contributed by atoms with E-state index in [1.807, 2.05) is 40.7 Å². The van der Waals surface area contributed by atoms with E-state index in [0.29, 0.717) is 13.2 Å². The summed E-state index contributed by atoms with van der Waals surface area (Å²) in [6.45, 7) is 15.0. The Balaban J connectivity index is 1.76. The summed E-state index contributed by atoms with van der Waals surface area (Å²) in [6, 6.07) is 19.4. The second-order valence-electron chi connectivity index (χ2n) is 10.3. The zero-order valence-corrected chi connectivity index (χ0v) is 20.6. The molecule has 1 atom stereocenters. The number of rotatable bonds is 6. The van der Waals surface area contributed by atoms with Crippen molar-refractivity contribution < 1.29 is 14.3 Å². The molecule has 1 unspecified atom stereocenters. The highest BCUT2D eigenvalue weighted by Crippen LogP contribution is 2.31. The molecule has 32 heavy (non-hydrogen) atoms. The van der Waals surface area contributed by atoms with Gasteiger partial charge in [-0.2, -0.15) is 0 Å². The summed E-state index contributed by atoms with van der Waals surface area (Å²) in [6.07, 6.45) is 0.590. The van der Waals surface area contributed by atoms with Crippen LogP contribution >= 0.6 is 0 Å². The first-order chi connectivity index (χ1) is 15.0. The quantitative estimate of drug-likeness (QED) is 0.566. The van der Waals surface area contributed by atoms with E-state index in [0.717, 1.165) is 12.1 Å². The van der Waals surface area contributed by atoms with Gasteiger partial charge in [0, 0.05) is 18.3 Å². The number of amides is 1. The number of carbonyl (C=O) groups excluding carboxylic acids is 1. The molecule has 1 aliphatic heterocycles. The molecule has 2 aromatic rings. The Hall–Kier alpha value is -2.53. The topological polar surface area (TPSA) is 42.0 Å². The van der Waals surface area contributed by atoms with Gasteiger partial charge in [-0.25, -0.2) is 4.79 Å². The van der Waals surface area contributed by atoms with E-state index in [-0.39, 0.29) is 18.2 Å². The van der Waals surface area contributed by atoms with Crippen LogP contribution in [-0.2, 0) is 15.9 Å². The highest BCUT2D eigenvalue weighted by molar-refractivity contribution is 5.70. The molecule has 0 bridgehead atoms. The fourth-order valence-corrected chi connectivity index (χ4v) is 4.18. The van der Waals surface area contributed by atoms with Crippen LogP contribution in [0.3, 0.4) is 0 Å². The summed E-state index contributed by atoms with van der Waals surface area (Å²) in [5.41, 5.74) is 2.48. The van der Waals surface area contributed by atoms with Crippen LogP contribution in [0.15, 0.2) is 54.6 Å². The number of nitrogens with zero attached hydrogens (tertiary/aromatic N) is 2. The van der Waals surface area contributed by atoms with Crippen molar-refractivity contribution in [2.45, 2.75) is 78.3 Å². The molecule has 1 amide bonds. The van der Waals surface area contributed by atoms with Crippen LogP contribution < -0.4 is 4.90 Å². The fraction of sp³-hybridized carbons (Fsp3) is 0.519. The Bertz CT molecular complexity index is 885. The summed E-state index contributed by atoms with van der Waals surface area (Å²) in [4.78, 5) is 17.1. The first-order valence-corrected chi connectivity index (χ1v) is 11.5. The van der Waals surface area contributed by atoms with Crippen molar-refractivity contribution in [3.8, 4) is 0 Å². The molecule has 0 aromatic heterocycles. The molecule has 5 nitrogen and oxygen atoms in total. The van der Waals surface area contributed by atoms with Crippen molar-refractivity contribution in [1.29, 1.82) is 0 Å². The third-order valence-corrected chi connectivity index (χ3v) is 5.71. The minimum Gasteiger partial charge on any atom is -0.444 e. The van der Waals surface area contributed by atoms with Crippen LogP contribution in [0.25, 0.3) is 0 Å². The van der Waals surface area contributed by atoms with E-state index >= 15 is 0 Å². The van der Waals surface area contributed by atoms with Gasteiger partial charge in [0.15, 0.2) is 0 Å². The van der Waals surface area contributed by atoms with Gasteiger partial charge in [0.05, 0.1) is 12.6 Å². The maximum absolute atomic E-state index is 13.0. The van der Waals surface area contributed by atoms with E-state index in [9.17, 15) is 4.79 Å². The van der Waals surface area contributed by atoms with Crippen LogP contribution in [0.2, 0.25) is 0 Å². The molecular weight excluding hydrogens is 400 g/mol.